The molecular formula is C21H46O7Si. The van der Waals surface area contributed by atoms with E-state index in [1.54, 1.807) is 28.4 Å². The molecule has 0 aliphatic heterocycles. The maximum Gasteiger partial charge on any atom is 0.566 e. The largest absolute Gasteiger partial charge is 0.566 e. The lowest BCUT2D eigenvalue weighted by molar-refractivity contribution is -0.320. The van der Waals surface area contributed by atoms with Crippen molar-refractivity contribution in [2.75, 3.05) is 41.7 Å². The Labute approximate surface area is 180 Å². The standard InChI is InChI=1S/C21H46O7Si/c1-9-12-13-14-15-16-17-18-20(26-10-2)21(27-11-3,28-19(4)22-5)29(23-6,24-7)25-8/h19-20H,9-18H2,1-8H3. The van der Waals surface area contributed by atoms with Gasteiger partial charge in [0.15, 0.2) is 6.29 Å². The van der Waals surface area contributed by atoms with Crippen molar-refractivity contribution >= 4 is 8.80 Å². The van der Waals surface area contributed by atoms with Gasteiger partial charge in [-0.1, -0.05) is 51.9 Å². The first-order chi connectivity index (χ1) is 14.0. The third-order valence-corrected chi connectivity index (χ3v) is 8.18. The molecule has 29 heavy (non-hydrogen) atoms. The minimum atomic E-state index is -3.43. The van der Waals surface area contributed by atoms with Crippen molar-refractivity contribution in [1.82, 2.24) is 0 Å². The van der Waals surface area contributed by atoms with Crippen molar-refractivity contribution in [2.24, 2.45) is 0 Å². The Morgan fingerprint density at radius 1 is 0.759 bits per heavy atom. The van der Waals surface area contributed by atoms with Crippen LogP contribution in [0.2, 0.25) is 0 Å². The maximum atomic E-state index is 6.31. The molecule has 0 aliphatic rings. The van der Waals surface area contributed by atoms with E-state index in [4.69, 9.17) is 32.2 Å². The van der Waals surface area contributed by atoms with E-state index < -0.39 is 26.6 Å². The summed E-state index contributed by atoms with van der Waals surface area (Å²) in [6.45, 7) is 8.82. The summed E-state index contributed by atoms with van der Waals surface area (Å²) in [5, 5.41) is 0. The van der Waals surface area contributed by atoms with Crippen LogP contribution in [0.25, 0.3) is 0 Å². The first-order valence-electron chi connectivity index (χ1n) is 11.1. The van der Waals surface area contributed by atoms with E-state index in [0.717, 1.165) is 19.3 Å². The van der Waals surface area contributed by atoms with E-state index in [-0.39, 0.29) is 0 Å². The molecule has 0 spiro atoms. The molecule has 0 aromatic carbocycles. The molecule has 7 nitrogen and oxygen atoms in total. The summed E-state index contributed by atoms with van der Waals surface area (Å²) in [5.74, 6) is 0. The summed E-state index contributed by atoms with van der Waals surface area (Å²) >= 11 is 0. The van der Waals surface area contributed by atoms with Crippen molar-refractivity contribution in [3.63, 3.8) is 0 Å². The van der Waals surface area contributed by atoms with Crippen LogP contribution in [0.1, 0.15) is 79.1 Å². The maximum absolute atomic E-state index is 6.31. The summed E-state index contributed by atoms with van der Waals surface area (Å²) in [4.78, 5) is 0. The second kappa shape index (κ2) is 16.6. The van der Waals surface area contributed by atoms with E-state index in [1.165, 1.54) is 32.1 Å². The van der Waals surface area contributed by atoms with Crippen LogP contribution in [-0.2, 0) is 32.2 Å². The molecule has 0 bridgehead atoms. The van der Waals surface area contributed by atoms with Crippen molar-refractivity contribution in [1.29, 1.82) is 0 Å². The molecule has 8 heteroatoms. The summed E-state index contributed by atoms with van der Waals surface area (Å²) in [7, 11) is 2.83. The fourth-order valence-electron chi connectivity index (χ4n) is 3.62. The Kier molecular flexibility index (Phi) is 16.6. The lowest BCUT2D eigenvalue weighted by Crippen LogP contribution is -2.72. The highest BCUT2D eigenvalue weighted by Crippen LogP contribution is 2.37. The molecule has 0 saturated heterocycles. The van der Waals surface area contributed by atoms with Gasteiger partial charge in [0.2, 0.25) is 0 Å². The molecule has 0 heterocycles. The van der Waals surface area contributed by atoms with E-state index >= 15 is 0 Å². The molecule has 3 unspecified atom stereocenters. The van der Waals surface area contributed by atoms with E-state index in [0.29, 0.717) is 13.2 Å². The second-order valence-corrected chi connectivity index (χ2v) is 10.1. The smallest absolute Gasteiger partial charge is 0.374 e. The van der Waals surface area contributed by atoms with Gasteiger partial charge in [0, 0.05) is 41.7 Å². The number of methoxy groups -OCH3 is 1. The van der Waals surface area contributed by atoms with Gasteiger partial charge in [-0.3, -0.25) is 0 Å². The molecule has 0 saturated carbocycles. The number of unbranched alkanes of at least 4 members (excludes halogenated alkanes) is 6. The third kappa shape index (κ3) is 8.53. The average Bonchev–Trinajstić information content (AvgIpc) is 2.73. The zero-order valence-electron chi connectivity index (χ0n) is 20.1. The van der Waals surface area contributed by atoms with Crippen molar-refractivity contribution < 1.29 is 32.2 Å². The molecule has 0 fully saturated rings. The van der Waals surface area contributed by atoms with Crippen LogP contribution in [0.3, 0.4) is 0 Å². The monoisotopic (exact) mass is 438 g/mol. The minimum Gasteiger partial charge on any atom is -0.374 e. The van der Waals surface area contributed by atoms with E-state index in [1.807, 2.05) is 20.8 Å². The lowest BCUT2D eigenvalue weighted by Gasteiger charge is -2.47. The zero-order valence-corrected chi connectivity index (χ0v) is 21.1. The van der Waals surface area contributed by atoms with Gasteiger partial charge < -0.3 is 32.2 Å². The first kappa shape index (κ1) is 28.9. The molecule has 0 N–H and O–H groups in total. The molecule has 0 aromatic rings. The lowest BCUT2D eigenvalue weighted by atomic mass is 10.1. The summed E-state index contributed by atoms with van der Waals surface area (Å²) in [6, 6.07) is 0. The van der Waals surface area contributed by atoms with Crippen LogP contribution in [0.5, 0.6) is 0 Å². The quantitative estimate of drug-likeness (QED) is 0.155. The van der Waals surface area contributed by atoms with Gasteiger partial charge in [0.1, 0.15) is 6.10 Å². The second-order valence-electron chi connectivity index (χ2n) is 7.04. The van der Waals surface area contributed by atoms with E-state index in [2.05, 4.69) is 6.92 Å². The molecular weight excluding hydrogens is 392 g/mol. The summed E-state index contributed by atoms with van der Waals surface area (Å²) < 4.78 is 41.5. The fraction of sp³-hybridized carbons (Fsp3) is 1.00. The van der Waals surface area contributed by atoms with Crippen molar-refractivity contribution in [3.8, 4) is 0 Å². The van der Waals surface area contributed by atoms with Gasteiger partial charge in [0.25, 0.3) is 5.41 Å². The van der Waals surface area contributed by atoms with Crippen molar-refractivity contribution in [2.45, 2.75) is 96.9 Å². The zero-order chi connectivity index (χ0) is 22.2. The number of hydrogen-bond donors (Lipinski definition) is 0. The van der Waals surface area contributed by atoms with Crippen LogP contribution in [0.15, 0.2) is 0 Å². The van der Waals surface area contributed by atoms with Gasteiger partial charge in [-0.05, 0) is 27.2 Å². The Bertz CT molecular complexity index is 374. The normalized spacial score (nSPS) is 16.6. The minimum absolute atomic E-state index is 0.391. The number of rotatable bonds is 20. The van der Waals surface area contributed by atoms with Gasteiger partial charge in [-0.25, -0.2) is 0 Å². The van der Waals surface area contributed by atoms with Gasteiger partial charge >= 0.3 is 8.80 Å². The van der Waals surface area contributed by atoms with Gasteiger partial charge in [-0.15, -0.1) is 0 Å². The molecule has 0 radical (unpaired) electrons. The highest BCUT2D eigenvalue weighted by Gasteiger charge is 2.68. The topological polar surface area (TPSA) is 64.6 Å². The summed E-state index contributed by atoms with van der Waals surface area (Å²) in [5.41, 5.74) is -1.33. The number of ether oxygens (including phenoxy) is 4. The van der Waals surface area contributed by atoms with Gasteiger partial charge in [0.05, 0.1) is 0 Å². The molecule has 3 atom stereocenters. The van der Waals surface area contributed by atoms with Crippen LogP contribution >= 0.6 is 0 Å². The fourth-order valence-corrected chi connectivity index (χ4v) is 6.22. The van der Waals surface area contributed by atoms with E-state index in [9.17, 15) is 0 Å². The molecule has 176 valence electrons. The van der Waals surface area contributed by atoms with Crippen LogP contribution < -0.4 is 0 Å². The van der Waals surface area contributed by atoms with Crippen molar-refractivity contribution in [3.05, 3.63) is 0 Å². The molecule has 0 aromatic heterocycles. The average molecular weight is 439 g/mol. The molecule has 0 aliphatic carbocycles. The Balaban J connectivity index is 5.60. The summed E-state index contributed by atoms with van der Waals surface area (Å²) in [6.07, 6.45) is 8.29. The Morgan fingerprint density at radius 2 is 1.31 bits per heavy atom. The predicted molar refractivity (Wildman–Crippen MR) is 117 cm³/mol. The highest BCUT2D eigenvalue weighted by atomic mass is 28.4. The SMILES string of the molecule is CCCCCCCCCC(OCC)C(OCC)(OC(C)OC)[Si](OC)(OC)OC. The molecule has 0 rings (SSSR count). The number of hydrogen-bond acceptors (Lipinski definition) is 7. The first-order valence-corrected chi connectivity index (χ1v) is 12.8. The molecule has 0 amide bonds. The third-order valence-electron chi connectivity index (χ3n) is 5.13. The van der Waals surface area contributed by atoms with Crippen LogP contribution in [0.4, 0.5) is 0 Å². The Hall–Kier alpha value is -0.0631. The van der Waals surface area contributed by atoms with Crippen LogP contribution in [0, 0.1) is 0 Å². The predicted octanol–water partition coefficient (Wildman–Crippen LogP) is 4.69. The Morgan fingerprint density at radius 3 is 1.76 bits per heavy atom. The van der Waals surface area contributed by atoms with Crippen LogP contribution in [-0.4, -0.2) is 68.3 Å². The highest BCUT2D eigenvalue weighted by molar-refractivity contribution is 6.63. The van der Waals surface area contributed by atoms with Gasteiger partial charge in [-0.2, -0.15) is 0 Å².